The van der Waals surface area contributed by atoms with E-state index in [9.17, 15) is 9.59 Å². The summed E-state index contributed by atoms with van der Waals surface area (Å²) < 4.78 is 5.37. The fraction of sp³-hybridized carbons (Fsp3) is 0.667. The molecule has 6 heteroatoms. The van der Waals surface area contributed by atoms with Gasteiger partial charge < -0.3 is 15.4 Å². The van der Waals surface area contributed by atoms with Crippen LogP contribution < -0.4 is 10.6 Å². The molecule has 0 radical (unpaired) electrons. The molecular weight excluding hydrogens is 378 g/mol. The van der Waals surface area contributed by atoms with Crippen molar-refractivity contribution < 1.29 is 14.3 Å². The molecule has 166 valence electrons. The second kappa shape index (κ2) is 12.7. The average Bonchev–Trinajstić information content (AvgIpc) is 3.30. The molecule has 30 heavy (non-hydrogen) atoms. The summed E-state index contributed by atoms with van der Waals surface area (Å²) in [4.78, 5) is 27.7. The number of amides is 2. The lowest BCUT2D eigenvalue weighted by Gasteiger charge is -2.26. The molecule has 6 nitrogen and oxygen atoms in total. The van der Waals surface area contributed by atoms with Gasteiger partial charge >= 0.3 is 0 Å². The first-order valence-electron chi connectivity index (χ1n) is 11.6. The van der Waals surface area contributed by atoms with Crippen LogP contribution in [0, 0.1) is 5.92 Å². The van der Waals surface area contributed by atoms with Crippen LogP contribution >= 0.6 is 0 Å². The number of carbonyl (C=O) groups is 2. The first kappa shape index (κ1) is 22.8. The van der Waals surface area contributed by atoms with E-state index in [1.54, 1.807) is 0 Å². The highest BCUT2D eigenvalue weighted by Gasteiger charge is 2.22. The third-order valence-corrected chi connectivity index (χ3v) is 6.24. The Balaban J connectivity index is 1.45. The van der Waals surface area contributed by atoms with Crippen LogP contribution in [0.1, 0.15) is 50.5 Å². The number of hydrogen-bond acceptors (Lipinski definition) is 4. The topological polar surface area (TPSA) is 70.7 Å². The first-order valence-corrected chi connectivity index (χ1v) is 11.6. The third kappa shape index (κ3) is 8.07. The smallest absolute Gasteiger partial charge is 0.242 e. The number of benzene rings is 1. The van der Waals surface area contributed by atoms with Gasteiger partial charge in [-0.2, -0.15) is 0 Å². The number of rotatable bonds is 11. The van der Waals surface area contributed by atoms with Crippen molar-refractivity contribution in [1.29, 1.82) is 0 Å². The van der Waals surface area contributed by atoms with Gasteiger partial charge in [0.2, 0.25) is 11.8 Å². The van der Waals surface area contributed by atoms with Crippen molar-refractivity contribution in [3.63, 3.8) is 0 Å². The summed E-state index contributed by atoms with van der Waals surface area (Å²) in [5.74, 6) is 0.582. The SMILES string of the molecule is O=C(CCC1CCCC1)NC(Cc1ccccc1)C(=O)NCCCN1CCOCC1. The van der Waals surface area contributed by atoms with Gasteiger partial charge in [-0.3, -0.25) is 14.5 Å². The Kier molecular flexibility index (Phi) is 9.64. The van der Waals surface area contributed by atoms with Crippen molar-refractivity contribution in [2.45, 2.75) is 57.4 Å². The van der Waals surface area contributed by atoms with Gasteiger partial charge in [-0.05, 0) is 30.9 Å². The van der Waals surface area contributed by atoms with Crippen molar-refractivity contribution in [3.05, 3.63) is 35.9 Å². The Morgan fingerprint density at radius 3 is 2.57 bits per heavy atom. The number of morpholine rings is 1. The number of ether oxygens (including phenoxy) is 1. The minimum Gasteiger partial charge on any atom is -0.379 e. The lowest BCUT2D eigenvalue weighted by Crippen LogP contribution is -2.48. The summed E-state index contributed by atoms with van der Waals surface area (Å²) in [6, 6.07) is 9.38. The lowest BCUT2D eigenvalue weighted by molar-refractivity contribution is -0.129. The molecule has 0 aromatic heterocycles. The molecule has 1 saturated heterocycles. The maximum Gasteiger partial charge on any atom is 0.242 e. The molecule has 0 spiro atoms. The van der Waals surface area contributed by atoms with E-state index in [2.05, 4.69) is 15.5 Å². The molecule has 1 saturated carbocycles. The minimum absolute atomic E-state index is 0.00806. The van der Waals surface area contributed by atoms with E-state index in [4.69, 9.17) is 4.74 Å². The van der Waals surface area contributed by atoms with Crippen LogP contribution in [0.5, 0.6) is 0 Å². The van der Waals surface area contributed by atoms with Crippen LogP contribution in [-0.2, 0) is 20.7 Å². The maximum absolute atomic E-state index is 12.8. The number of carbonyl (C=O) groups excluding carboxylic acids is 2. The first-order chi connectivity index (χ1) is 14.7. The number of hydrogen-bond donors (Lipinski definition) is 2. The highest BCUT2D eigenvalue weighted by Crippen LogP contribution is 2.28. The molecule has 2 fully saturated rings. The van der Waals surface area contributed by atoms with Gasteiger partial charge in [0.15, 0.2) is 0 Å². The summed E-state index contributed by atoms with van der Waals surface area (Å²) in [7, 11) is 0. The van der Waals surface area contributed by atoms with Crippen molar-refractivity contribution >= 4 is 11.8 Å². The fourth-order valence-electron chi connectivity index (χ4n) is 4.42. The van der Waals surface area contributed by atoms with Gasteiger partial charge in [0.25, 0.3) is 0 Å². The third-order valence-electron chi connectivity index (χ3n) is 6.24. The zero-order valence-corrected chi connectivity index (χ0v) is 18.1. The van der Waals surface area contributed by atoms with E-state index >= 15 is 0 Å². The summed E-state index contributed by atoms with van der Waals surface area (Å²) >= 11 is 0. The molecule has 2 aliphatic rings. The molecule has 1 aromatic rings. The Hall–Kier alpha value is -1.92. The molecule has 1 aliphatic carbocycles. The normalized spacial score (nSPS) is 18.8. The Morgan fingerprint density at radius 2 is 1.83 bits per heavy atom. The van der Waals surface area contributed by atoms with Crippen LogP contribution in [0.25, 0.3) is 0 Å². The maximum atomic E-state index is 12.8. The Labute approximate surface area is 180 Å². The van der Waals surface area contributed by atoms with Crippen LogP contribution in [-0.4, -0.2) is 62.1 Å². The molecule has 1 unspecified atom stereocenters. The van der Waals surface area contributed by atoms with Gasteiger partial charge in [0, 0.05) is 32.5 Å². The predicted octanol–water partition coefficient (Wildman–Crippen LogP) is 2.52. The standard InChI is InChI=1S/C24H37N3O3/c28-23(12-11-20-7-4-5-8-20)26-22(19-21-9-2-1-3-10-21)24(29)25-13-6-14-27-15-17-30-18-16-27/h1-3,9-10,20,22H,4-8,11-19H2,(H,25,29)(H,26,28). The van der Waals surface area contributed by atoms with E-state index in [0.29, 0.717) is 25.3 Å². The fourth-order valence-corrected chi connectivity index (χ4v) is 4.42. The second-order valence-electron chi connectivity index (χ2n) is 8.60. The number of nitrogens with zero attached hydrogens (tertiary/aromatic N) is 1. The minimum atomic E-state index is -0.521. The predicted molar refractivity (Wildman–Crippen MR) is 118 cm³/mol. The van der Waals surface area contributed by atoms with Gasteiger partial charge in [0.1, 0.15) is 6.04 Å². The van der Waals surface area contributed by atoms with Crippen molar-refractivity contribution in [3.8, 4) is 0 Å². The van der Waals surface area contributed by atoms with Gasteiger partial charge in [-0.25, -0.2) is 0 Å². The van der Waals surface area contributed by atoms with Gasteiger partial charge in [-0.1, -0.05) is 56.0 Å². The Morgan fingerprint density at radius 1 is 1.10 bits per heavy atom. The van der Waals surface area contributed by atoms with Gasteiger partial charge in [-0.15, -0.1) is 0 Å². The zero-order valence-electron chi connectivity index (χ0n) is 18.1. The highest BCUT2D eigenvalue weighted by molar-refractivity contribution is 5.87. The zero-order chi connectivity index (χ0) is 21.0. The molecule has 1 aromatic carbocycles. The molecular formula is C24H37N3O3. The summed E-state index contributed by atoms with van der Waals surface area (Å²) in [5, 5.41) is 6.04. The molecule has 0 bridgehead atoms. The summed E-state index contributed by atoms with van der Waals surface area (Å²) in [6.07, 6.45) is 7.93. The number of nitrogens with one attached hydrogen (secondary N) is 2. The quantitative estimate of drug-likeness (QED) is 0.545. The monoisotopic (exact) mass is 415 g/mol. The van der Waals surface area contributed by atoms with Crippen LogP contribution in [0.2, 0.25) is 0 Å². The van der Waals surface area contributed by atoms with Crippen molar-refractivity contribution in [1.82, 2.24) is 15.5 Å². The summed E-state index contributed by atoms with van der Waals surface area (Å²) in [5.41, 5.74) is 1.06. The molecule has 3 rings (SSSR count). The molecule has 1 aliphatic heterocycles. The van der Waals surface area contributed by atoms with E-state index in [0.717, 1.165) is 51.3 Å². The lowest BCUT2D eigenvalue weighted by atomic mass is 10.0. The van der Waals surface area contributed by atoms with Crippen LogP contribution in [0.3, 0.4) is 0 Å². The van der Waals surface area contributed by atoms with Gasteiger partial charge in [0.05, 0.1) is 13.2 Å². The van der Waals surface area contributed by atoms with E-state index in [1.165, 1.54) is 25.7 Å². The molecule has 1 heterocycles. The van der Waals surface area contributed by atoms with E-state index in [1.807, 2.05) is 30.3 Å². The van der Waals surface area contributed by atoms with E-state index < -0.39 is 6.04 Å². The van der Waals surface area contributed by atoms with Crippen LogP contribution in [0.4, 0.5) is 0 Å². The molecule has 2 amide bonds. The van der Waals surface area contributed by atoms with E-state index in [-0.39, 0.29) is 11.8 Å². The largest absolute Gasteiger partial charge is 0.379 e. The van der Waals surface area contributed by atoms with Crippen molar-refractivity contribution in [2.75, 3.05) is 39.4 Å². The summed E-state index contributed by atoms with van der Waals surface area (Å²) in [6.45, 7) is 5.08. The van der Waals surface area contributed by atoms with Crippen molar-refractivity contribution in [2.24, 2.45) is 5.92 Å². The second-order valence-corrected chi connectivity index (χ2v) is 8.60. The van der Waals surface area contributed by atoms with Crippen LogP contribution in [0.15, 0.2) is 30.3 Å². The average molecular weight is 416 g/mol. The Bertz CT molecular complexity index is 640. The molecule has 1 atom stereocenters. The molecule has 2 N–H and O–H groups in total. The highest BCUT2D eigenvalue weighted by atomic mass is 16.5.